The Labute approximate surface area is 171 Å². The number of amides is 3. The van der Waals surface area contributed by atoms with Gasteiger partial charge in [-0.1, -0.05) is 13.8 Å². The number of esters is 1. The van der Waals surface area contributed by atoms with E-state index in [1.54, 1.807) is 6.92 Å². The van der Waals surface area contributed by atoms with E-state index >= 15 is 0 Å². The number of nitrogens with one attached hydrogen (secondary N) is 2. The molecule has 0 bridgehead atoms. The third-order valence-corrected chi connectivity index (χ3v) is 4.41. The summed E-state index contributed by atoms with van der Waals surface area (Å²) >= 11 is 0. The lowest BCUT2D eigenvalue weighted by atomic mass is 10.1. The predicted octanol–water partition coefficient (Wildman–Crippen LogP) is 2.84. The zero-order chi connectivity index (χ0) is 22.1. The average Bonchev–Trinajstić information content (AvgIpc) is 2.90. The van der Waals surface area contributed by atoms with Crippen molar-refractivity contribution in [2.75, 3.05) is 6.54 Å². The molecule has 1 aromatic rings. The fourth-order valence-corrected chi connectivity index (χ4v) is 2.69. The summed E-state index contributed by atoms with van der Waals surface area (Å²) in [6.07, 6.45) is 1.26. The first-order valence-electron chi connectivity index (χ1n) is 9.68. The van der Waals surface area contributed by atoms with E-state index < -0.39 is 24.0 Å². The van der Waals surface area contributed by atoms with Crippen LogP contribution in [0, 0.1) is 31.1 Å². The van der Waals surface area contributed by atoms with Crippen molar-refractivity contribution in [2.45, 2.75) is 60.6 Å². The minimum Gasteiger partial charge on any atom is -0.448 e. The lowest BCUT2D eigenvalue weighted by Crippen LogP contribution is -2.44. The van der Waals surface area contributed by atoms with Gasteiger partial charge in [0.1, 0.15) is 11.6 Å². The summed E-state index contributed by atoms with van der Waals surface area (Å²) in [7, 11) is 0. The molecule has 0 spiro atoms. The molecular weight excluding hydrogens is 372 g/mol. The van der Waals surface area contributed by atoms with Crippen molar-refractivity contribution < 1.29 is 19.1 Å². The van der Waals surface area contributed by atoms with Crippen LogP contribution in [0.5, 0.6) is 0 Å². The quantitative estimate of drug-likeness (QED) is 0.394. The SMILES string of the molecule is CCNC(=O)NC(=O)C(C)OC(=O)/C(C#N)=C/c1cc(C)n(CCC(C)C)c1C. The first kappa shape index (κ1) is 24.0. The molecule has 0 radical (unpaired) electrons. The minimum atomic E-state index is -1.22. The van der Waals surface area contributed by atoms with Gasteiger partial charge in [-0.15, -0.1) is 0 Å². The van der Waals surface area contributed by atoms with Gasteiger partial charge in [-0.3, -0.25) is 10.1 Å². The highest BCUT2D eigenvalue weighted by Gasteiger charge is 2.22. The highest BCUT2D eigenvalue weighted by molar-refractivity contribution is 6.01. The van der Waals surface area contributed by atoms with Crippen molar-refractivity contribution in [1.82, 2.24) is 15.2 Å². The summed E-state index contributed by atoms with van der Waals surface area (Å²) in [5.41, 5.74) is 2.52. The van der Waals surface area contributed by atoms with Crippen LogP contribution in [-0.4, -0.2) is 35.1 Å². The number of carbonyl (C=O) groups is 3. The fourth-order valence-electron chi connectivity index (χ4n) is 2.69. The molecule has 1 unspecified atom stereocenters. The average molecular weight is 402 g/mol. The number of urea groups is 1. The van der Waals surface area contributed by atoms with E-state index in [0.717, 1.165) is 29.9 Å². The second kappa shape index (κ2) is 11.1. The van der Waals surface area contributed by atoms with Gasteiger partial charge in [0.05, 0.1) is 0 Å². The van der Waals surface area contributed by atoms with Crippen LogP contribution < -0.4 is 10.6 Å². The molecule has 1 aromatic heterocycles. The third-order valence-electron chi connectivity index (χ3n) is 4.41. The smallest absolute Gasteiger partial charge is 0.349 e. The second-order valence-electron chi connectivity index (χ2n) is 7.23. The maximum Gasteiger partial charge on any atom is 0.349 e. The van der Waals surface area contributed by atoms with Crippen molar-refractivity contribution in [2.24, 2.45) is 5.92 Å². The van der Waals surface area contributed by atoms with Crippen LogP contribution in [-0.2, 0) is 20.9 Å². The summed E-state index contributed by atoms with van der Waals surface area (Å²) < 4.78 is 7.19. The number of nitriles is 1. The number of aromatic nitrogens is 1. The van der Waals surface area contributed by atoms with E-state index in [1.807, 2.05) is 26.0 Å². The molecule has 1 rings (SSSR count). The van der Waals surface area contributed by atoms with Crippen LogP contribution in [0.25, 0.3) is 6.08 Å². The molecule has 1 atom stereocenters. The van der Waals surface area contributed by atoms with Crippen LogP contribution in [0.15, 0.2) is 11.6 Å². The van der Waals surface area contributed by atoms with E-state index in [4.69, 9.17) is 4.74 Å². The summed E-state index contributed by atoms with van der Waals surface area (Å²) in [6, 6.07) is 3.06. The van der Waals surface area contributed by atoms with Crippen LogP contribution >= 0.6 is 0 Å². The Bertz CT molecular complexity index is 830. The Balaban J connectivity index is 2.91. The first-order chi connectivity index (χ1) is 13.6. The molecule has 158 valence electrons. The van der Waals surface area contributed by atoms with Crippen molar-refractivity contribution in [1.29, 1.82) is 5.26 Å². The van der Waals surface area contributed by atoms with E-state index in [1.165, 1.54) is 13.0 Å². The molecule has 0 aliphatic carbocycles. The maximum absolute atomic E-state index is 12.3. The van der Waals surface area contributed by atoms with Gasteiger partial charge in [0.2, 0.25) is 0 Å². The number of carbonyl (C=O) groups excluding carboxylic acids is 3. The zero-order valence-electron chi connectivity index (χ0n) is 18.0. The zero-order valence-corrected chi connectivity index (χ0v) is 18.0. The molecule has 0 saturated carbocycles. The number of hydrogen-bond donors (Lipinski definition) is 2. The number of ether oxygens (including phenoxy) is 1. The lowest BCUT2D eigenvalue weighted by molar-refractivity contribution is -0.150. The van der Waals surface area contributed by atoms with E-state index in [0.29, 0.717) is 12.5 Å². The Morgan fingerprint density at radius 3 is 2.48 bits per heavy atom. The largest absolute Gasteiger partial charge is 0.448 e. The normalized spacial score (nSPS) is 12.3. The molecule has 0 saturated heterocycles. The number of aryl methyl sites for hydroxylation is 1. The molecule has 1 heterocycles. The van der Waals surface area contributed by atoms with Gasteiger partial charge in [-0.2, -0.15) is 5.26 Å². The van der Waals surface area contributed by atoms with Gasteiger partial charge >= 0.3 is 12.0 Å². The van der Waals surface area contributed by atoms with Gasteiger partial charge in [-0.05, 0) is 57.7 Å². The minimum absolute atomic E-state index is 0.216. The van der Waals surface area contributed by atoms with Gasteiger partial charge in [0, 0.05) is 24.5 Å². The lowest BCUT2D eigenvalue weighted by Gasteiger charge is -2.13. The Hall–Kier alpha value is -3.08. The molecule has 0 aliphatic rings. The van der Waals surface area contributed by atoms with Crippen LogP contribution in [0.3, 0.4) is 0 Å². The molecule has 8 nitrogen and oxygen atoms in total. The molecule has 2 N–H and O–H groups in total. The Morgan fingerprint density at radius 2 is 1.93 bits per heavy atom. The molecule has 3 amide bonds. The Kier molecular flexibility index (Phi) is 9.13. The highest BCUT2D eigenvalue weighted by Crippen LogP contribution is 2.20. The van der Waals surface area contributed by atoms with E-state index in [9.17, 15) is 19.6 Å². The number of nitrogens with zero attached hydrogens (tertiary/aromatic N) is 2. The molecule has 29 heavy (non-hydrogen) atoms. The highest BCUT2D eigenvalue weighted by atomic mass is 16.5. The van der Waals surface area contributed by atoms with Crippen LogP contribution in [0.1, 0.15) is 51.1 Å². The van der Waals surface area contributed by atoms with Crippen LogP contribution in [0.2, 0.25) is 0 Å². The van der Waals surface area contributed by atoms with Crippen molar-refractivity contribution in [3.05, 3.63) is 28.6 Å². The topological polar surface area (TPSA) is 113 Å². The molecule has 0 aliphatic heterocycles. The predicted molar refractivity (Wildman–Crippen MR) is 110 cm³/mol. The second-order valence-corrected chi connectivity index (χ2v) is 7.23. The third kappa shape index (κ3) is 7.11. The fraction of sp³-hybridized carbons (Fsp3) is 0.524. The summed E-state index contributed by atoms with van der Waals surface area (Å²) in [5, 5.41) is 13.8. The molecular formula is C21H30N4O4. The Morgan fingerprint density at radius 1 is 1.28 bits per heavy atom. The van der Waals surface area contributed by atoms with Gasteiger partial charge < -0.3 is 14.6 Å². The van der Waals surface area contributed by atoms with Crippen molar-refractivity contribution >= 4 is 24.0 Å². The van der Waals surface area contributed by atoms with Crippen LogP contribution in [0.4, 0.5) is 4.79 Å². The summed E-state index contributed by atoms with van der Waals surface area (Å²) in [4.78, 5) is 35.6. The summed E-state index contributed by atoms with van der Waals surface area (Å²) in [6.45, 7) is 12.5. The van der Waals surface area contributed by atoms with Gasteiger partial charge in [0.25, 0.3) is 5.91 Å². The van der Waals surface area contributed by atoms with Crippen molar-refractivity contribution in [3.63, 3.8) is 0 Å². The van der Waals surface area contributed by atoms with Gasteiger partial charge in [-0.25, -0.2) is 9.59 Å². The number of hydrogen-bond acceptors (Lipinski definition) is 5. The summed E-state index contributed by atoms with van der Waals surface area (Å²) in [5.74, 6) is -1.13. The van der Waals surface area contributed by atoms with E-state index in [2.05, 4.69) is 29.0 Å². The molecule has 0 aromatic carbocycles. The standard InChI is InChI=1S/C21H30N4O4/c1-7-23-21(28)24-19(26)16(6)29-20(27)18(12-22)11-17-10-14(4)25(15(17)5)9-8-13(2)3/h10-11,13,16H,7-9H2,1-6H3,(H2,23,24,26,28)/b18-11+. The molecule has 0 fully saturated rings. The van der Waals surface area contributed by atoms with E-state index in [-0.39, 0.29) is 5.57 Å². The number of imide groups is 1. The van der Waals surface area contributed by atoms with Gasteiger partial charge in [0.15, 0.2) is 6.10 Å². The first-order valence-corrected chi connectivity index (χ1v) is 9.68. The molecule has 8 heteroatoms. The maximum atomic E-state index is 12.3. The number of rotatable bonds is 8. The van der Waals surface area contributed by atoms with Crippen molar-refractivity contribution in [3.8, 4) is 6.07 Å². The monoisotopic (exact) mass is 402 g/mol.